The van der Waals surface area contributed by atoms with Crippen molar-refractivity contribution >= 4 is 32.6 Å². The molecule has 1 aliphatic carbocycles. The topological polar surface area (TPSA) is 93.5 Å². The maximum Gasteiger partial charge on any atom is 0.326 e. The van der Waals surface area contributed by atoms with Crippen LogP contribution in [0.2, 0.25) is 0 Å². The number of rotatable bonds is 7. The minimum Gasteiger partial charge on any atom is -0.487 e. The predicted octanol–water partition coefficient (Wildman–Crippen LogP) is 4.01. The molecule has 2 fully saturated rings. The number of nitrogens with zero attached hydrogens (tertiary/aromatic N) is 3. The van der Waals surface area contributed by atoms with E-state index in [2.05, 4.69) is 5.10 Å². The van der Waals surface area contributed by atoms with Gasteiger partial charge in [0.25, 0.3) is 5.91 Å². The number of hydrogen-bond acceptors (Lipinski definition) is 5. The fourth-order valence-electron chi connectivity index (χ4n) is 4.40. The summed E-state index contributed by atoms with van der Waals surface area (Å²) in [6, 6.07) is 16.2. The second kappa shape index (κ2) is 8.63. The van der Waals surface area contributed by atoms with E-state index in [9.17, 15) is 13.2 Å². The van der Waals surface area contributed by atoms with Gasteiger partial charge < -0.3 is 4.74 Å². The molecule has 1 saturated carbocycles. The SMILES string of the molecule is O=C1CN(c2c(OCc3ccccc3)cc3ccc(-c4cnn(CC5CC5)c4)cc3c2F)S(=O)(=O)N1. The Balaban J connectivity index is 1.43. The van der Waals surface area contributed by atoms with Crippen LogP contribution < -0.4 is 13.8 Å². The summed E-state index contributed by atoms with van der Waals surface area (Å²) >= 11 is 0. The van der Waals surface area contributed by atoms with Crippen LogP contribution in [0.15, 0.2) is 67.0 Å². The first-order valence-corrected chi connectivity index (χ1v) is 13.1. The van der Waals surface area contributed by atoms with Crippen molar-refractivity contribution in [3.8, 4) is 16.9 Å². The molecule has 4 aromatic rings. The van der Waals surface area contributed by atoms with Gasteiger partial charge in [-0.3, -0.25) is 9.48 Å². The van der Waals surface area contributed by atoms with Crippen LogP contribution in [0.5, 0.6) is 5.75 Å². The van der Waals surface area contributed by atoms with E-state index >= 15 is 4.39 Å². The highest BCUT2D eigenvalue weighted by Gasteiger charge is 2.38. The van der Waals surface area contributed by atoms with Crippen molar-refractivity contribution in [3.63, 3.8) is 0 Å². The fourth-order valence-corrected chi connectivity index (χ4v) is 5.56. The second-order valence-electron chi connectivity index (χ2n) is 9.18. The van der Waals surface area contributed by atoms with Gasteiger partial charge in [0.15, 0.2) is 5.82 Å². The number of benzene rings is 3. The molecule has 36 heavy (non-hydrogen) atoms. The van der Waals surface area contributed by atoms with E-state index in [1.165, 1.54) is 12.8 Å². The van der Waals surface area contributed by atoms with Crippen LogP contribution in [0.1, 0.15) is 18.4 Å². The Morgan fingerprint density at radius 2 is 1.89 bits per heavy atom. The molecule has 0 bridgehead atoms. The minimum atomic E-state index is -4.25. The van der Waals surface area contributed by atoms with Gasteiger partial charge in [0, 0.05) is 23.7 Å². The number of nitrogens with one attached hydrogen (secondary N) is 1. The molecule has 8 nitrogen and oxygen atoms in total. The van der Waals surface area contributed by atoms with Gasteiger partial charge in [0.1, 0.15) is 24.6 Å². The molecule has 0 radical (unpaired) electrons. The Hall–Kier alpha value is -3.92. The molecule has 184 valence electrons. The van der Waals surface area contributed by atoms with Crippen LogP contribution in [0.4, 0.5) is 10.1 Å². The second-order valence-corrected chi connectivity index (χ2v) is 10.8. The molecule has 0 unspecified atom stereocenters. The average Bonchev–Trinajstić information content (AvgIpc) is 3.47. The molecular weight excluding hydrogens is 483 g/mol. The lowest BCUT2D eigenvalue weighted by Gasteiger charge is -2.21. The lowest BCUT2D eigenvalue weighted by molar-refractivity contribution is -0.117. The van der Waals surface area contributed by atoms with Crippen molar-refractivity contribution in [1.29, 1.82) is 0 Å². The number of aromatic nitrogens is 2. The predicted molar refractivity (Wildman–Crippen MR) is 133 cm³/mol. The van der Waals surface area contributed by atoms with E-state index in [0.717, 1.165) is 27.5 Å². The Morgan fingerprint density at radius 3 is 2.61 bits per heavy atom. The van der Waals surface area contributed by atoms with E-state index in [0.29, 0.717) is 11.3 Å². The molecule has 1 aromatic heterocycles. The summed E-state index contributed by atoms with van der Waals surface area (Å²) in [6.45, 7) is 0.439. The van der Waals surface area contributed by atoms with Crippen molar-refractivity contribution in [2.24, 2.45) is 5.92 Å². The largest absolute Gasteiger partial charge is 0.487 e. The molecule has 0 atom stereocenters. The van der Waals surface area contributed by atoms with E-state index in [4.69, 9.17) is 4.74 Å². The van der Waals surface area contributed by atoms with Gasteiger partial charge in [-0.15, -0.1) is 0 Å². The number of halogens is 1. The summed E-state index contributed by atoms with van der Waals surface area (Å²) in [4.78, 5) is 11.9. The number of carbonyl (C=O) groups excluding carboxylic acids is 1. The monoisotopic (exact) mass is 506 g/mol. The Labute approximate surface area is 207 Å². The van der Waals surface area contributed by atoms with Crippen molar-refractivity contribution in [1.82, 2.24) is 14.5 Å². The van der Waals surface area contributed by atoms with Crippen LogP contribution in [0, 0.1) is 11.7 Å². The molecule has 2 heterocycles. The number of fused-ring (bicyclic) bond motifs is 1. The van der Waals surface area contributed by atoms with E-state index in [-0.39, 0.29) is 23.4 Å². The number of carbonyl (C=O) groups is 1. The molecule has 1 saturated heterocycles. The number of ether oxygens (including phenoxy) is 1. The highest BCUT2D eigenvalue weighted by atomic mass is 32.2. The number of hydrogen-bond donors (Lipinski definition) is 1. The zero-order valence-electron chi connectivity index (χ0n) is 19.2. The highest BCUT2D eigenvalue weighted by molar-refractivity contribution is 7.92. The zero-order valence-corrected chi connectivity index (χ0v) is 20.0. The zero-order chi connectivity index (χ0) is 24.9. The van der Waals surface area contributed by atoms with Crippen molar-refractivity contribution < 1.29 is 22.3 Å². The first-order chi connectivity index (χ1) is 17.4. The van der Waals surface area contributed by atoms with Gasteiger partial charge in [-0.1, -0.05) is 42.5 Å². The summed E-state index contributed by atoms with van der Waals surface area (Å²) in [5.74, 6) is -0.806. The Morgan fingerprint density at radius 1 is 1.08 bits per heavy atom. The van der Waals surface area contributed by atoms with Gasteiger partial charge in [-0.25, -0.2) is 13.4 Å². The van der Waals surface area contributed by atoms with Crippen LogP contribution in [-0.2, 0) is 28.2 Å². The Bertz CT molecular complexity index is 1580. The third-order valence-corrected chi connectivity index (χ3v) is 7.81. The fraction of sp³-hybridized carbons (Fsp3) is 0.231. The molecule has 0 spiro atoms. The van der Waals surface area contributed by atoms with Crippen LogP contribution >= 0.6 is 0 Å². The van der Waals surface area contributed by atoms with Crippen molar-refractivity contribution in [3.05, 3.63) is 78.4 Å². The molecular formula is C26H23FN4O4S. The third kappa shape index (κ3) is 4.28. The van der Waals surface area contributed by atoms with Gasteiger partial charge in [-0.2, -0.15) is 13.5 Å². The molecule has 1 N–H and O–H groups in total. The van der Waals surface area contributed by atoms with Crippen molar-refractivity contribution in [2.75, 3.05) is 10.8 Å². The first-order valence-electron chi connectivity index (χ1n) is 11.7. The number of anilines is 1. The van der Waals surface area contributed by atoms with Gasteiger partial charge in [-0.05, 0) is 47.4 Å². The van der Waals surface area contributed by atoms with E-state index in [1.54, 1.807) is 24.4 Å². The lowest BCUT2D eigenvalue weighted by atomic mass is 10.0. The van der Waals surface area contributed by atoms with E-state index in [1.807, 2.05) is 52.0 Å². The molecule has 10 heteroatoms. The Kier molecular flexibility index (Phi) is 5.40. The van der Waals surface area contributed by atoms with Crippen LogP contribution in [-0.4, -0.2) is 30.7 Å². The minimum absolute atomic E-state index is 0.0360. The standard InChI is InChI=1S/C26H23FN4O4S/c27-25-22-10-19(21-12-28-30(14-21)13-17-6-7-17)8-9-20(22)11-23(35-16-18-4-2-1-3-5-18)26(25)31-15-24(32)29-36(31,33)34/h1-5,8-12,14,17H,6-7,13,15-16H2,(H,29,32). The average molecular weight is 507 g/mol. The van der Waals surface area contributed by atoms with Gasteiger partial charge in [0.05, 0.1) is 6.20 Å². The van der Waals surface area contributed by atoms with Crippen molar-refractivity contribution in [2.45, 2.75) is 26.0 Å². The maximum atomic E-state index is 16.1. The van der Waals surface area contributed by atoms with Gasteiger partial charge in [0.2, 0.25) is 0 Å². The summed E-state index contributed by atoms with van der Waals surface area (Å²) in [7, 11) is -4.25. The quantitative estimate of drug-likeness (QED) is 0.409. The third-order valence-electron chi connectivity index (χ3n) is 6.43. The summed E-state index contributed by atoms with van der Waals surface area (Å²) in [5.41, 5.74) is 2.14. The summed E-state index contributed by atoms with van der Waals surface area (Å²) in [6.07, 6.45) is 6.10. The molecule has 1 amide bonds. The summed E-state index contributed by atoms with van der Waals surface area (Å²) in [5, 5.41) is 5.19. The van der Waals surface area contributed by atoms with Crippen LogP contribution in [0.25, 0.3) is 21.9 Å². The number of amides is 1. The molecule has 1 aliphatic heterocycles. The van der Waals surface area contributed by atoms with Crippen LogP contribution in [0.3, 0.4) is 0 Å². The van der Waals surface area contributed by atoms with Gasteiger partial charge >= 0.3 is 10.2 Å². The normalized spacial score (nSPS) is 16.9. The lowest BCUT2D eigenvalue weighted by Crippen LogP contribution is -2.30. The maximum absolute atomic E-state index is 16.1. The molecule has 6 rings (SSSR count). The summed E-state index contributed by atoms with van der Waals surface area (Å²) < 4.78 is 51.8. The smallest absolute Gasteiger partial charge is 0.326 e. The first kappa shape index (κ1) is 22.5. The highest BCUT2D eigenvalue weighted by Crippen LogP contribution is 2.41. The molecule has 2 aliphatic rings. The molecule has 3 aromatic carbocycles. The van der Waals surface area contributed by atoms with E-state index < -0.39 is 28.5 Å².